The minimum Gasteiger partial charge on any atom is -0.493 e. The first-order chi connectivity index (χ1) is 7.19. The molecule has 4 nitrogen and oxygen atoms in total. The van der Waals surface area contributed by atoms with E-state index in [4.69, 9.17) is 19.5 Å². The molecule has 0 saturated heterocycles. The summed E-state index contributed by atoms with van der Waals surface area (Å²) in [5.74, 6) is 1.00. The van der Waals surface area contributed by atoms with Crippen molar-refractivity contribution in [2.24, 2.45) is 0 Å². The molecule has 1 aromatic rings. The van der Waals surface area contributed by atoms with Crippen LogP contribution in [-0.2, 0) is 0 Å². The molecular weight excluding hydrogens is 195 g/mol. The summed E-state index contributed by atoms with van der Waals surface area (Å²) in [7, 11) is 0.00695. The topological polar surface area (TPSA) is 58.9 Å². The fourth-order valence-corrected chi connectivity index (χ4v) is 1.12. The van der Waals surface area contributed by atoms with E-state index in [0.29, 0.717) is 23.6 Å². The maximum absolute atomic E-state index is 8.98. The average molecular weight is 208 g/mol. The van der Waals surface area contributed by atoms with E-state index >= 15 is 0 Å². The maximum atomic E-state index is 8.98. The molecule has 0 saturated carbocycles. The van der Waals surface area contributed by atoms with Gasteiger partial charge in [0.2, 0.25) is 0 Å². The third kappa shape index (κ3) is 3.01. The molecule has 2 N–H and O–H groups in total. The normalized spacial score (nSPS) is 9.53. The maximum Gasteiger partial charge on any atom is 0.488 e. The molecule has 0 spiro atoms. The van der Waals surface area contributed by atoms with Crippen molar-refractivity contribution >= 4 is 12.6 Å². The lowest BCUT2D eigenvalue weighted by atomic mass is 9.80. The first-order valence-electron chi connectivity index (χ1n) is 4.46. The Morgan fingerprint density at radius 2 is 2.13 bits per heavy atom. The van der Waals surface area contributed by atoms with Crippen LogP contribution in [0.4, 0.5) is 0 Å². The van der Waals surface area contributed by atoms with Crippen LogP contribution in [0.5, 0.6) is 11.5 Å². The molecule has 0 aliphatic rings. The lowest BCUT2D eigenvalue weighted by molar-refractivity contribution is 0.326. The van der Waals surface area contributed by atoms with Gasteiger partial charge in [0.05, 0.1) is 7.11 Å². The number of hydrogen-bond donors (Lipinski definition) is 2. The van der Waals surface area contributed by atoms with Crippen LogP contribution < -0.4 is 14.9 Å². The van der Waals surface area contributed by atoms with E-state index < -0.39 is 7.12 Å². The smallest absolute Gasteiger partial charge is 0.488 e. The molecule has 80 valence electrons. The summed E-state index contributed by atoms with van der Waals surface area (Å²) in [4.78, 5) is 0. The van der Waals surface area contributed by atoms with Gasteiger partial charge in [-0.3, -0.25) is 0 Å². The first-order valence-corrected chi connectivity index (χ1v) is 4.46. The van der Waals surface area contributed by atoms with Crippen LogP contribution in [0.1, 0.15) is 0 Å². The van der Waals surface area contributed by atoms with Crippen LogP contribution in [0.15, 0.2) is 30.9 Å². The van der Waals surface area contributed by atoms with Crippen molar-refractivity contribution in [1.82, 2.24) is 0 Å². The van der Waals surface area contributed by atoms with Crippen molar-refractivity contribution < 1.29 is 19.5 Å². The first kappa shape index (κ1) is 11.6. The van der Waals surface area contributed by atoms with Gasteiger partial charge in [-0.05, 0) is 17.6 Å². The van der Waals surface area contributed by atoms with Crippen molar-refractivity contribution in [2.75, 3.05) is 13.7 Å². The van der Waals surface area contributed by atoms with Gasteiger partial charge in [-0.15, -0.1) is 0 Å². The summed E-state index contributed by atoms with van der Waals surface area (Å²) >= 11 is 0. The van der Waals surface area contributed by atoms with Gasteiger partial charge in [0.1, 0.15) is 6.61 Å². The van der Waals surface area contributed by atoms with Crippen molar-refractivity contribution in [1.29, 1.82) is 0 Å². The van der Waals surface area contributed by atoms with E-state index in [9.17, 15) is 0 Å². The molecule has 0 radical (unpaired) electrons. The Morgan fingerprint density at radius 3 is 2.67 bits per heavy atom. The molecule has 0 aliphatic heterocycles. The zero-order valence-electron chi connectivity index (χ0n) is 8.51. The zero-order chi connectivity index (χ0) is 11.3. The third-order valence-corrected chi connectivity index (χ3v) is 1.84. The highest BCUT2D eigenvalue weighted by Gasteiger charge is 2.14. The summed E-state index contributed by atoms with van der Waals surface area (Å²) in [5.41, 5.74) is 0.356. The minimum atomic E-state index is -1.51. The molecule has 1 aromatic carbocycles. The molecule has 0 bridgehead atoms. The van der Waals surface area contributed by atoms with Gasteiger partial charge in [0, 0.05) is 0 Å². The van der Waals surface area contributed by atoms with Crippen molar-refractivity contribution in [3.05, 3.63) is 30.9 Å². The van der Waals surface area contributed by atoms with Gasteiger partial charge in [-0.1, -0.05) is 18.7 Å². The number of benzene rings is 1. The van der Waals surface area contributed by atoms with Crippen molar-refractivity contribution in [3.8, 4) is 11.5 Å². The summed E-state index contributed by atoms with van der Waals surface area (Å²) in [6.07, 6.45) is 1.60. The predicted molar refractivity (Wildman–Crippen MR) is 58.5 cm³/mol. The largest absolute Gasteiger partial charge is 0.493 e. The fourth-order valence-electron chi connectivity index (χ4n) is 1.12. The minimum absolute atomic E-state index is 0.335. The number of rotatable bonds is 5. The van der Waals surface area contributed by atoms with Crippen LogP contribution in [0.3, 0.4) is 0 Å². The van der Waals surface area contributed by atoms with E-state index in [1.165, 1.54) is 13.2 Å². The third-order valence-electron chi connectivity index (χ3n) is 1.84. The van der Waals surface area contributed by atoms with E-state index in [0.717, 1.165) is 0 Å². The second kappa shape index (κ2) is 5.43. The molecule has 15 heavy (non-hydrogen) atoms. The van der Waals surface area contributed by atoms with E-state index in [1.54, 1.807) is 18.2 Å². The molecule has 0 aliphatic carbocycles. The van der Waals surface area contributed by atoms with Gasteiger partial charge >= 0.3 is 7.12 Å². The molecule has 0 unspecified atom stereocenters. The Morgan fingerprint density at radius 1 is 1.40 bits per heavy atom. The van der Waals surface area contributed by atoms with Crippen LogP contribution >= 0.6 is 0 Å². The summed E-state index contributed by atoms with van der Waals surface area (Å²) in [6, 6.07) is 4.70. The fraction of sp³-hybridized carbons (Fsp3) is 0.200. The van der Waals surface area contributed by atoms with E-state index in [2.05, 4.69) is 6.58 Å². The highest BCUT2D eigenvalue weighted by Crippen LogP contribution is 2.24. The number of methoxy groups -OCH3 is 1. The quantitative estimate of drug-likeness (QED) is 0.525. The molecule has 0 atom stereocenters. The lowest BCUT2D eigenvalue weighted by Crippen LogP contribution is -2.29. The lowest BCUT2D eigenvalue weighted by Gasteiger charge is -2.10. The molecule has 5 heteroatoms. The molecular formula is C10H13BO4. The average Bonchev–Trinajstić information content (AvgIpc) is 2.25. The predicted octanol–water partition coefficient (Wildman–Crippen LogP) is -0.0602. The Kier molecular flexibility index (Phi) is 4.21. The van der Waals surface area contributed by atoms with E-state index in [-0.39, 0.29) is 0 Å². The van der Waals surface area contributed by atoms with Crippen LogP contribution in [-0.4, -0.2) is 30.9 Å². The summed E-state index contributed by atoms with van der Waals surface area (Å²) in [5, 5.41) is 18.0. The second-order valence-electron chi connectivity index (χ2n) is 2.88. The summed E-state index contributed by atoms with van der Waals surface area (Å²) < 4.78 is 10.4. The summed E-state index contributed by atoms with van der Waals surface area (Å²) in [6.45, 7) is 3.86. The van der Waals surface area contributed by atoms with Gasteiger partial charge in [0.15, 0.2) is 11.5 Å². The Labute approximate surface area is 88.9 Å². The highest BCUT2D eigenvalue weighted by atomic mass is 16.5. The molecule has 0 aromatic heterocycles. The van der Waals surface area contributed by atoms with Gasteiger partial charge in [-0.25, -0.2) is 0 Å². The van der Waals surface area contributed by atoms with Crippen LogP contribution in [0.2, 0.25) is 0 Å². The Balaban J connectivity index is 2.96. The van der Waals surface area contributed by atoms with Crippen LogP contribution in [0.25, 0.3) is 0 Å². The van der Waals surface area contributed by atoms with E-state index in [1.807, 2.05) is 0 Å². The second-order valence-corrected chi connectivity index (χ2v) is 2.88. The van der Waals surface area contributed by atoms with Gasteiger partial charge in [-0.2, -0.15) is 0 Å². The zero-order valence-corrected chi connectivity index (χ0v) is 8.51. The highest BCUT2D eigenvalue weighted by molar-refractivity contribution is 6.58. The van der Waals surface area contributed by atoms with Crippen molar-refractivity contribution in [2.45, 2.75) is 0 Å². The molecule has 0 fully saturated rings. The SMILES string of the molecule is C=CCOc1cc(B(O)O)ccc1OC. The Hall–Kier alpha value is -1.46. The van der Waals surface area contributed by atoms with Crippen LogP contribution in [0, 0.1) is 0 Å². The molecule has 0 heterocycles. The number of hydrogen-bond acceptors (Lipinski definition) is 4. The standard InChI is InChI=1S/C10H13BO4/c1-3-6-15-10-7-8(11(12)13)4-5-9(10)14-2/h3-5,7,12-13H,1,6H2,2H3. The van der Waals surface area contributed by atoms with Gasteiger partial charge in [0.25, 0.3) is 0 Å². The molecule has 0 amide bonds. The monoisotopic (exact) mass is 208 g/mol. The van der Waals surface area contributed by atoms with Crippen molar-refractivity contribution in [3.63, 3.8) is 0 Å². The number of ether oxygens (including phenoxy) is 2. The van der Waals surface area contributed by atoms with Gasteiger partial charge < -0.3 is 19.5 Å². The Bertz CT molecular complexity index is 338. The molecule has 1 rings (SSSR count).